The van der Waals surface area contributed by atoms with Crippen molar-refractivity contribution in [3.63, 3.8) is 0 Å². The van der Waals surface area contributed by atoms with Gasteiger partial charge in [0.2, 0.25) is 35.3 Å². The fourth-order valence-corrected chi connectivity index (χ4v) is 11.1. The number of halogens is 16. The molecule has 0 fully saturated rings. The number of nitrogens with one attached hydrogen (secondary N) is 4. The molecule has 30 heteroatoms. The highest BCUT2D eigenvalue weighted by Crippen LogP contribution is 2.37. The van der Waals surface area contributed by atoms with Crippen LogP contribution in [0.15, 0.2) is 24.5 Å². The molecule has 0 aliphatic rings. The van der Waals surface area contributed by atoms with Gasteiger partial charge in [0.05, 0.1) is 16.3 Å². The van der Waals surface area contributed by atoms with Crippen LogP contribution in [0.3, 0.4) is 0 Å². The van der Waals surface area contributed by atoms with Crippen molar-refractivity contribution in [2.75, 3.05) is 0 Å². The van der Waals surface area contributed by atoms with E-state index in [1.54, 1.807) is 36.6 Å². The molecule has 0 unspecified atom stereocenters. The molecule has 464 valence electrons. The zero-order chi connectivity index (χ0) is 66.1. The number of carbonyl (C=O) groups excluding carboxylic acids is 8. The molecule has 0 saturated carbocycles. The third-order valence-electron chi connectivity index (χ3n) is 13.3. The number of hydrogen-bond acceptors (Lipinski definition) is 10. The maximum atomic E-state index is 14.5. The van der Waals surface area contributed by atoms with Gasteiger partial charge in [0.1, 0.15) is 16.9 Å². The Morgan fingerprint density at radius 3 is 0.941 bits per heavy atom. The van der Waals surface area contributed by atoms with Crippen molar-refractivity contribution in [2.45, 2.75) is 109 Å². The lowest BCUT2D eigenvalue weighted by Gasteiger charge is -2.21. The minimum absolute atomic E-state index is 0.216. The van der Waals surface area contributed by atoms with Gasteiger partial charge in [0.25, 0.3) is 23.6 Å². The van der Waals surface area contributed by atoms with Gasteiger partial charge in [-0.05, 0) is 151 Å². The fraction of sp³-hybridized carbons (Fsp3) is 0.364. The molecule has 8 amide bonds. The first-order valence-electron chi connectivity index (χ1n) is 24.6. The van der Waals surface area contributed by atoms with E-state index in [1.807, 2.05) is 41.5 Å². The van der Waals surface area contributed by atoms with Crippen LogP contribution in [-0.4, -0.2) is 57.3 Å². The van der Waals surface area contributed by atoms with Gasteiger partial charge in [-0.3, -0.25) is 64.6 Å². The van der Waals surface area contributed by atoms with Gasteiger partial charge in [-0.25, -0.2) is 39.5 Å². The summed E-state index contributed by atoms with van der Waals surface area (Å²) >= 11 is 11.1. The highest BCUT2D eigenvalue weighted by Gasteiger charge is 2.37. The van der Waals surface area contributed by atoms with Crippen LogP contribution in [0.25, 0.3) is 10.8 Å². The van der Waals surface area contributed by atoms with E-state index < -0.39 is 137 Å². The number of hydrogen-bond donors (Lipinski definition) is 5. The van der Waals surface area contributed by atoms with Crippen LogP contribution >= 0.6 is 113 Å². The van der Waals surface area contributed by atoms with Crippen molar-refractivity contribution in [3.8, 4) is 5.75 Å². The molecule has 0 saturated heterocycles. The molecule has 0 aliphatic carbocycles. The minimum Gasteiger partial charge on any atom is -0.503 e. The number of rotatable bonds is 12. The Kier molecular flexibility index (Phi) is 28.1. The summed E-state index contributed by atoms with van der Waals surface area (Å²) in [5, 5.41) is 13.4. The second kappa shape index (κ2) is 31.1. The third kappa shape index (κ3) is 17.9. The highest BCUT2D eigenvalue weighted by molar-refractivity contribution is 14.1. The molecule has 85 heavy (non-hydrogen) atoms. The van der Waals surface area contributed by atoms with Crippen LogP contribution in [0.5, 0.6) is 5.75 Å². The second-order valence-electron chi connectivity index (χ2n) is 20.6. The van der Waals surface area contributed by atoms with E-state index >= 15 is 0 Å². The molecule has 5 rings (SSSR count). The Labute approximate surface area is 548 Å². The number of fused-ring (bicyclic) bond motifs is 1. The summed E-state index contributed by atoms with van der Waals surface area (Å²) in [6.45, 7) is 20.1. The maximum absolute atomic E-state index is 14.5. The molecule has 1 aromatic heterocycles. The molecule has 14 nitrogen and oxygen atoms in total. The normalized spacial score (nSPS) is 11.4. The first-order chi connectivity index (χ1) is 38.9. The number of aromatic hydroxyl groups is 1. The van der Waals surface area contributed by atoms with Crippen molar-refractivity contribution >= 4 is 171 Å². The van der Waals surface area contributed by atoms with E-state index in [-0.39, 0.29) is 30.0 Å². The van der Waals surface area contributed by atoms with E-state index in [2.05, 4.69) is 129 Å². The number of pyridine rings is 1. The van der Waals surface area contributed by atoms with Gasteiger partial charge in [-0.2, -0.15) is 8.78 Å². The topological polar surface area (TPSA) is 218 Å². The van der Waals surface area contributed by atoms with Crippen molar-refractivity contribution in [2.24, 2.45) is 21.7 Å². The second-order valence-corrected chi connectivity index (χ2v) is 26.0. The maximum Gasteiger partial charge on any atom is 0.264 e. The van der Waals surface area contributed by atoms with Crippen LogP contribution in [0, 0.1) is 104 Å². The number of nitrogens with zero attached hydrogens (tertiary/aromatic N) is 1. The van der Waals surface area contributed by atoms with Gasteiger partial charge >= 0.3 is 0 Å². The molecule has 0 radical (unpaired) electrons. The predicted octanol–water partition coefficient (Wildman–Crippen LogP) is 14.3. The Morgan fingerprint density at radius 2 is 0.624 bits per heavy atom. The van der Waals surface area contributed by atoms with Crippen molar-refractivity contribution in [3.05, 3.63) is 129 Å². The predicted molar refractivity (Wildman–Crippen MR) is 332 cm³/mol. The van der Waals surface area contributed by atoms with Crippen LogP contribution in [0.4, 0.5) is 48.3 Å². The Hall–Kier alpha value is -4.47. The smallest absolute Gasteiger partial charge is 0.264 e. The summed E-state index contributed by atoms with van der Waals surface area (Å²) in [4.78, 5) is 99.3. The third-order valence-corrected chi connectivity index (χ3v) is 22.8. The van der Waals surface area contributed by atoms with E-state index in [0.29, 0.717) is 30.4 Å². The molecule has 5 aromatic rings. The van der Waals surface area contributed by atoms with Crippen LogP contribution in [-0.2, 0) is 19.2 Å². The number of amides is 8. The first kappa shape index (κ1) is 76.6. The lowest BCUT2D eigenvalue weighted by molar-refractivity contribution is -0.129. The quantitative estimate of drug-likeness (QED) is 0.0344. The van der Waals surface area contributed by atoms with Crippen LogP contribution in [0.2, 0.25) is 0 Å². The Bertz CT molecular complexity index is 3340. The lowest BCUT2D eigenvalue weighted by atomic mass is 9.89. The average molecular weight is 1770 g/mol. The molecule has 0 atom stereocenters. The number of phenols is 1. The number of imide groups is 4. The summed E-state index contributed by atoms with van der Waals surface area (Å²) in [7, 11) is 0. The zero-order valence-corrected chi connectivity index (χ0v) is 57.6. The molecule has 1 heterocycles. The summed E-state index contributed by atoms with van der Waals surface area (Å²) in [5.41, 5.74) is -5.59. The molecule has 0 aliphatic heterocycles. The van der Waals surface area contributed by atoms with Crippen molar-refractivity contribution in [1.29, 1.82) is 0 Å². The SMILES string of the molecule is CCC(C)(C)C(=O)NC(=O)c1c(F)c(F)c(O)c(F)c1F.CCC(C)(C)C(=O)NC(=O)c1c(F)c(F)c2c(F)c(F)c(F)c(F)c2c1F.CCC(C)(C)C(=O)NC(=O)c1c(I)c(I)c(I)c(I)c1I.CCC(C)(C)C(=O)NC(=O)c1ccncc1. The van der Waals surface area contributed by atoms with Gasteiger partial charge in [0.15, 0.2) is 52.3 Å². The van der Waals surface area contributed by atoms with Gasteiger partial charge < -0.3 is 5.11 Å². The highest BCUT2D eigenvalue weighted by atomic mass is 127. The largest absolute Gasteiger partial charge is 0.503 e. The monoisotopic (exact) mass is 1770 g/mol. The summed E-state index contributed by atoms with van der Waals surface area (Å²) < 4.78 is 155. The van der Waals surface area contributed by atoms with E-state index in [1.165, 1.54) is 40.1 Å². The lowest BCUT2D eigenvalue weighted by Crippen LogP contribution is -2.41. The Morgan fingerprint density at radius 1 is 0.376 bits per heavy atom. The molecule has 0 bridgehead atoms. The van der Waals surface area contributed by atoms with Crippen molar-refractivity contribution in [1.82, 2.24) is 26.3 Å². The number of aromatic nitrogens is 1. The van der Waals surface area contributed by atoms with Crippen LogP contribution < -0.4 is 21.3 Å². The van der Waals surface area contributed by atoms with Gasteiger partial charge in [0, 0.05) is 57.5 Å². The number of phenolic OH excluding ortho intramolecular Hbond substituents is 1. The number of carbonyl (C=O) groups is 8. The Balaban J connectivity index is 0.000000393. The number of benzene rings is 4. The minimum atomic E-state index is -2.48. The average Bonchev–Trinajstić information content (AvgIpc) is 2.41. The van der Waals surface area contributed by atoms with Crippen molar-refractivity contribution < 1.29 is 91.8 Å². The van der Waals surface area contributed by atoms with E-state index in [4.69, 9.17) is 5.11 Å². The summed E-state index contributed by atoms with van der Waals surface area (Å²) in [5.74, 6) is -33.1. The van der Waals surface area contributed by atoms with Gasteiger partial charge in [-0.15, -0.1) is 0 Å². The van der Waals surface area contributed by atoms with E-state index in [0.717, 1.165) is 17.9 Å². The molecule has 5 N–H and O–H groups in total. The van der Waals surface area contributed by atoms with Crippen LogP contribution in [0.1, 0.15) is 150 Å². The van der Waals surface area contributed by atoms with E-state index in [9.17, 15) is 86.7 Å². The fourth-order valence-electron chi connectivity index (χ4n) is 5.80. The summed E-state index contributed by atoms with van der Waals surface area (Å²) in [6.07, 6.45) is 4.93. The molecular formula is C55H53F11I5N5O9. The van der Waals surface area contributed by atoms with Gasteiger partial charge in [-0.1, -0.05) is 83.1 Å². The summed E-state index contributed by atoms with van der Waals surface area (Å²) in [6, 6.07) is 3.14. The molecular weight excluding hydrogens is 1720 g/mol. The zero-order valence-electron chi connectivity index (χ0n) is 46.8. The molecule has 0 spiro atoms. The first-order valence-corrected chi connectivity index (χ1v) is 30.0. The molecule has 4 aromatic carbocycles. The standard InChI is InChI=1S/C17H12F7NO2.C13H13F4NO3.C13H12I5NO2.C12H16N2O2/c1-4-17(2,3)16(27)25-15(26)7-8(18)5-6(9(19)12(7)22)11(21)14(24)13(23)10(5)20;1-4-13(2,3)12(21)18-11(20)5-6(14)8(16)10(19)9(17)7(5)15;1-4-13(2,3)12(21)19-11(20)5-6(14)8(16)10(18)9(17)7(5)15;1-4-12(2,3)11(16)14-10(15)9-5-7-13-8-6-9/h4H2,1-3H3,(H,25,26,27);19H,4H2,1-3H3,(H,18,20,21);4H2,1-3H3,(H,19,20,21);5-8H,4H2,1-3H3,(H,14,15,16).